The zero-order valence-electron chi connectivity index (χ0n) is 18.2. The fourth-order valence-corrected chi connectivity index (χ4v) is 4.73. The van der Waals surface area contributed by atoms with Crippen molar-refractivity contribution in [3.63, 3.8) is 0 Å². The molecule has 176 valence electrons. The van der Waals surface area contributed by atoms with E-state index in [1.165, 1.54) is 12.1 Å². The van der Waals surface area contributed by atoms with Crippen molar-refractivity contribution >= 4 is 43.5 Å². The van der Waals surface area contributed by atoms with Crippen molar-refractivity contribution in [1.82, 2.24) is 4.57 Å². The van der Waals surface area contributed by atoms with Gasteiger partial charge in [0.1, 0.15) is 12.4 Å². The summed E-state index contributed by atoms with van der Waals surface area (Å²) in [6.45, 7) is -0.994. The van der Waals surface area contributed by atoms with Crippen LogP contribution in [-0.2, 0) is 27.8 Å². The number of aromatic nitrogens is 1. The highest BCUT2D eigenvalue weighted by atomic mass is 32.2. The quantitative estimate of drug-likeness (QED) is 0.268. The summed E-state index contributed by atoms with van der Waals surface area (Å²) in [5.74, 6) is -1.54. The van der Waals surface area contributed by atoms with E-state index in [9.17, 15) is 28.2 Å². The topological polar surface area (TPSA) is 149 Å². The lowest BCUT2D eigenvalue weighted by Crippen LogP contribution is -2.13. The molecule has 0 aliphatic carbocycles. The number of hydrogen-bond donors (Lipinski definition) is 3. The Bertz CT molecular complexity index is 1550. The molecule has 0 aliphatic heterocycles. The molecule has 3 aromatic carbocycles. The van der Waals surface area contributed by atoms with Crippen molar-refractivity contribution in [3.8, 4) is 5.75 Å². The van der Waals surface area contributed by atoms with E-state index >= 15 is 0 Å². The van der Waals surface area contributed by atoms with Crippen LogP contribution in [0.15, 0.2) is 59.5 Å². The number of nitrogens with zero attached hydrogens (tertiary/aromatic N) is 1. The molecule has 0 spiro atoms. The van der Waals surface area contributed by atoms with Crippen LogP contribution in [0.1, 0.15) is 21.5 Å². The molecule has 4 N–H and O–H groups in total. The molecular weight excluding hydrogens is 460 g/mol. The number of fused-ring (bicyclic) bond motifs is 3. The summed E-state index contributed by atoms with van der Waals surface area (Å²) in [6.07, 6.45) is 1.13. The fraction of sp³-hybridized carbons (Fsp3) is 0.167. The number of rotatable bonds is 7. The molecule has 1 heterocycles. The Kier molecular flexibility index (Phi) is 6.13. The molecule has 0 fully saturated rings. The zero-order chi connectivity index (χ0) is 24.6. The summed E-state index contributed by atoms with van der Waals surface area (Å²) in [5.41, 5.74) is 8.06. The molecule has 4 aromatic rings. The van der Waals surface area contributed by atoms with E-state index in [2.05, 4.69) is 0 Å². The van der Waals surface area contributed by atoms with Gasteiger partial charge >= 0.3 is 5.97 Å². The first kappa shape index (κ1) is 23.4. The Hall–Kier alpha value is -3.73. The van der Waals surface area contributed by atoms with Gasteiger partial charge in [0, 0.05) is 23.8 Å². The van der Waals surface area contributed by atoms with Crippen molar-refractivity contribution in [2.24, 2.45) is 5.73 Å². The summed E-state index contributed by atoms with van der Waals surface area (Å²) >= 11 is 0. The first-order valence-electron chi connectivity index (χ1n) is 10.2. The second-order valence-electron chi connectivity index (χ2n) is 7.85. The molecule has 0 atom stereocenters. The van der Waals surface area contributed by atoms with Gasteiger partial charge in [0.15, 0.2) is 9.84 Å². The molecule has 0 radical (unpaired) electrons. The number of benzene rings is 3. The Labute approximate surface area is 194 Å². The third-order valence-corrected chi connectivity index (χ3v) is 6.59. The van der Waals surface area contributed by atoms with E-state index in [0.29, 0.717) is 32.9 Å². The minimum Gasteiger partial charge on any atom is -0.424 e. The van der Waals surface area contributed by atoms with E-state index in [-0.39, 0.29) is 29.4 Å². The zero-order valence-corrected chi connectivity index (χ0v) is 19.0. The molecule has 9 nitrogen and oxygen atoms in total. The Morgan fingerprint density at radius 2 is 1.71 bits per heavy atom. The van der Waals surface area contributed by atoms with Gasteiger partial charge in [-0.3, -0.25) is 4.79 Å². The smallest absolute Gasteiger partial charge is 0.337 e. The first-order chi connectivity index (χ1) is 16.1. The molecule has 10 heteroatoms. The normalized spacial score (nSPS) is 11.7. The number of sulfone groups is 1. The van der Waals surface area contributed by atoms with Crippen molar-refractivity contribution in [1.29, 1.82) is 0 Å². The third-order valence-electron chi connectivity index (χ3n) is 5.48. The van der Waals surface area contributed by atoms with Gasteiger partial charge in [-0.25, -0.2) is 13.2 Å². The Morgan fingerprint density at radius 3 is 2.35 bits per heavy atom. The number of ether oxygens (including phenoxy) is 1. The van der Waals surface area contributed by atoms with Gasteiger partial charge in [-0.2, -0.15) is 0 Å². The molecule has 34 heavy (non-hydrogen) atoms. The monoisotopic (exact) mass is 482 g/mol. The van der Waals surface area contributed by atoms with Crippen molar-refractivity contribution in [2.45, 2.75) is 18.0 Å². The molecule has 0 aliphatic rings. The average molecular weight is 483 g/mol. The van der Waals surface area contributed by atoms with E-state index in [1.54, 1.807) is 42.5 Å². The van der Waals surface area contributed by atoms with Crippen LogP contribution < -0.4 is 10.5 Å². The molecule has 0 unspecified atom stereocenters. The maximum absolute atomic E-state index is 12.3. The lowest BCUT2D eigenvalue weighted by Gasteiger charge is -2.11. The van der Waals surface area contributed by atoms with Gasteiger partial charge < -0.3 is 25.3 Å². The number of amides is 1. The van der Waals surface area contributed by atoms with Gasteiger partial charge in [0.05, 0.1) is 27.9 Å². The summed E-state index contributed by atoms with van der Waals surface area (Å²) in [5, 5.41) is 19.8. The van der Waals surface area contributed by atoms with Crippen LogP contribution in [0, 0.1) is 0 Å². The van der Waals surface area contributed by atoms with Crippen LogP contribution >= 0.6 is 0 Å². The van der Waals surface area contributed by atoms with Gasteiger partial charge in [-0.1, -0.05) is 18.2 Å². The lowest BCUT2D eigenvalue weighted by molar-refractivity contribution is -0.137. The maximum Gasteiger partial charge on any atom is 0.337 e. The summed E-state index contributed by atoms with van der Waals surface area (Å²) in [4.78, 5) is 24.3. The summed E-state index contributed by atoms with van der Waals surface area (Å²) in [7, 11) is -3.43. The molecule has 1 amide bonds. The van der Waals surface area contributed by atoms with Crippen molar-refractivity contribution < 1.29 is 33.0 Å². The fourth-order valence-electron chi connectivity index (χ4n) is 4.04. The van der Waals surface area contributed by atoms with Crippen molar-refractivity contribution in [2.75, 3.05) is 12.9 Å². The number of aliphatic hydroxyl groups excluding tert-OH is 2. The van der Waals surface area contributed by atoms with Crippen LogP contribution in [0.2, 0.25) is 0 Å². The number of carbonyl (C=O) groups is 2. The minimum absolute atomic E-state index is 0.0583. The number of primary amides is 1. The largest absolute Gasteiger partial charge is 0.424 e. The number of esters is 1. The van der Waals surface area contributed by atoms with E-state index in [1.807, 2.05) is 4.57 Å². The van der Waals surface area contributed by atoms with Gasteiger partial charge in [-0.15, -0.1) is 0 Å². The van der Waals surface area contributed by atoms with E-state index < -0.39 is 28.3 Å². The molecule has 4 rings (SSSR count). The van der Waals surface area contributed by atoms with Crippen LogP contribution in [0.25, 0.3) is 21.8 Å². The predicted octanol–water partition coefficient (Wildman–Crippen LogP) is 1.74. The molecule has 0 bridgehead atoms. The van der Waals surface area contributed by atoms with Gasteiger partial charge in [0.2, 0.25) is 5.91 Å². The summed E-state index contributed by atoms with van der Waals surface area (Å²) < 4.78 is 31.2. The highest BCUT2D eigenvalue weighted by molar-refractivity contribution is 7.90. The Morgan fingerprint density at radius 1 is 0.971 bits per heavy atom. The van der Waals surface area contributed by atoms with Crippen LogP contribution in [0.3, 0.4) is 0 Å². The standard InChI is InChI=1S/C24H22N2O7S/c1-34(31,32)16-5-2-4-14(8-16)11-26-18-7-3-6-17(24(25)30)22(18)23-19(26)9-15(12-27)10-20(23)33-21(29)13-28/h2-10,27-28H,11-13H2,1H3,(H2,25,30). The van der Waals surface area contributed by atoms with E-state index in [4.69, 9.17) is 10.5 Å². The highest BCUT2D eigenvalue weighted by Crippen LogP contribution is 2.39. The van der Waals surface area contributed by atoms with Gasteiger partial charge in [0.25, 0.3) is 0 Å². The van der Waals surface area contributed by atoms with Gasteiger partial charge in [-0.05, 0) is 47.5 Å². The summed E-state index contributed by atoms with van der Waals surface area (Å²) in [6, 6.07) is 14.6. The average Bonchev–Trinajstić information content (AvgIpc) is 3.12. The second kappa shape index (κ2) is 8.90. The highest BCUT2D eigenvalue weighted by Gasteiger charge is 2.22. The van der Waals surface area contributed by atoms with Crippen LogP contribution in [-0.4, -0.2) is 47.9 Å². The number of carbonyl (C=O) groups excluding carboxylic acids is 2. The van der Waals surface area contributed by atoms with Crippen LogP contribution in [0.5, 0.6) is 5.75 Å². The molecular formula is C24H22N2O7S. The van der Waals surface area contributed by atoms with Crippen molar-refractivity contribution in [3.05, 3.63) is 71.3 Å². The number of hydrogen-bond acceptors (Lipinski definition) is 7. The number of aliphatic hydroxyl groups is 2. The molecule has 0 saturated heterocycles. The minimum atomic E-state index is -3.43. The lowest BCUT2D eigenvalue weighted by atomic mass is 10.0. The Balaban J connectivity index is 2.07. The second-order valence-corrected chi connectivity index (χ2v) is 9.86. The predicted molar refractivity (Wildman–Crippen MR) is 125 cm³/mol. The first-order valence-corrected chi connectivity index (χ1v) is 12.1. The van der Waals surface area contributed by atoms with Crippen LogP contribution in [0.4, 0.5) is 0 Å². The number of nitrogens with two attached hydrogens (primary N) is 1. The third kappa shape index (κ3) is 4.26. The SMILES string of the molecule is CS(=O)(=O)c1cccc(Cn2c3cc(CO)cc(OC(=O)CO)c3c3c(C(N)=O)cccc32)c1. The molecule has 0 saturated carbocycles. The maximum atomic E-state index is 12.3. The van der Waals surface area contributed by atoms with E-state index in [0.717, 1.165) is 6.26 Å². The molecule has 1 aromatic heterocycles.